The van der Waals surface area contributed by atoms with E-state index in [-0.39, 0.29) is 17.9 Å². The second-order valence-electron chi connectivity index (χ2n) is 8.84. The van der Waals surface area contributed by atoms with Crippen LogP contribution in [0.3, 0.4) is 0 Å². The minimum absolute atomic E-state index is 0.0221. The molecule has 166 valence electrons. The van der Waals surface area contributed by atoms with E-state index in [0.717, 1.165) is 31.4 Å². The van der Waals surface area contributed by atoms with Crippen LogP contribution >= 0.6 is 11.3 Å². The first-order chi connectivity index (χ1) is 15.1. The third kappa shape index (κ3) is 5.55. The summed E-state index contributed by atoms with van der Waals surface area (Å²) in [5.41, 5.74) is 2.42. The Morgan fingerprint density at radius 2 is 1.74 bits per heavy atom. The number of amides is 2. The molecule has 2 aliphatic rings. The summed E-state index contributed by atoms with van der Waals surface area (Å²) in [6, 6.07) is 12.6. The number of thiophene rings is 1. The maximum atomic E-state index is 12.9. The van der Waals surface area contributed by atoms with Crippen LogP contribution in [-0.4, -0.2) is 46.8 Å². The highest BCUT2D eigenvalue weighted by atomic mass is 32.1. The van der Waals surface area contributed by atoms with E-state index in [1.165, 1.54) is 42.7 Å². The van der Waals surface area contributed by atoms with E-state index < -0.39 is 0 Å². The molecule has 2 unspecified atom stereocenters. The van der Waals surface area contributed by atoms with E-state index in [4.69, 9.17) is 0 Å². The van der Waals surface area contributed by atoms with Gasteiger partial charge in [0.2, 0.25) is 5.91 Å². The average molecular weight is 440 g/mol. The van der Waals surface area contributed by atoms with Crippen LogP contribution in [0.5, 0.6) is 0 Å². The normalized spacial score (nSPS) is 22.3. The van der Waals surface area contributed by atoms with Crippen LogP contribution in [-0.2, 0) is 17.9 Å². The Morgan fingerprint density at radius 1 is 1.00 bits per heavy atom. The lowest BCUT2D eigenvalue weighted by molar-refractivity contribution is -0.126. The van der Waals surface area contributed by atoms with Gasteiger partial charge in [-0.2, -0.15) is 0 Å². The number of rotatable bonds is 6. The van der Waals surface area contributed by atoms with Gasteiger partial charge in [-0.15, -0.1) is 11.3 Å². The summed E-state index contributed by atoms with van der Waals surface area (Å²) >= 11 is 1.44. The summed E-state index contributed by atoms with van der Waals surface area (Å²) in [6.07, 6.45) is 6.59. The molecule has 2 atom stereocenters. The van der Waals surface area contributed by atoms with Crippen LogP contribution in [0.4, 0.5) is 0 Å². The molecular formula is C25H33N3O2S. The summed E-state index contributed by atoms with van der Waals surface area (Å²) in [6.45, 7) is 5.65. The van der Waals surface area contributed by atoms with Gasteiger partial charge in [-0.05, 0) is 68.1 Å². The Balaban J connectivity index is 1.31. The van der Waals surface area contributed by atoms with Crippen LogP contribution in [0.2, 0.25) is 0 Å². The smallest absolute Gasteiger partial charge is 0.264 e. The van der Waals surface area contributed by atoms with Gasteiger partial charge in [0.1, 0.15) is 6.04 Å². The van der Waals surface area contributed by atoms with Gasteiger partial charge in [0.05, 0.1) is 4.88 Å². The Bertz CT molecular complexity index is 865. The summed E-state index contributed by atoms with van der Waals surface area (Å²) in [5, 5.41) is 4.97. The first-order valence-electron chi connectivity index (χ1n) is 11.6. The molecule has 2 aromatic rings. The van der Waals surface area contributed by atoms with Crippen molar-refractivity contribution in [3.63, 3.8) is 0 Å². The molecule has 0 spiro atoms. The molecule has 2 amide bonds. The van der Waals surface area contributed by atoms with Gasteiger partial charge < -0.3 is 10.2 Å². The largest absolute Gasteiger partial charge is 0.350 e. The van der Waals surface area contributed by atoms with Gasteiger partial charge in [0.25, 0.3) is 5.91 Å². The van der Waals surface area contributed by atoms with Crippen LogP contribution in [0.25, 0.3) is 0 Å². The number of piperidine rings is 2. The van der Waals surface area contributed by atoms with Gasteiger partial charge in [0.15, 0.2) is 0 Å². The van der Waals surface area contributed by atoms with Crippen molar-refractivity contribution in [3.05, 3.63) is 57.8 Å². The molecule has 1 aromatic carbocycles. The van der Waals surface area contributed by atoms with E-state index in [2.05, 4.69) is 41.4 Å². The predicted octanol–water partition coefficient (Wildman–Crippen LogP) is 4.43. The van der Waals surface area contributed by atoms with Gasteiger partial charge in [-0.1, -0.05) is 36.8 Å². The number of benzene rings is 1. The number of likely N-dealkylation sites (tertiary alicyclic amines) is 2. The zero-order valence-corrected chi connectivity index (χ0v) is 19.2. The molecule has 2 fully saturated rings. The first kappa shape index (κ1) is 22.0. The lowest BCUT2D eigenvalue weighted by Gasteiger charge is -2.34. The average Bonchev–Trinajstić information content (AvgIpc) is 3.34. The van der Waals surface area contributed by atoms with Crippen LogP contribution in [0, 0.1) is 0 Å². The predicted molar refractivity (Wildman–Crippen MR) is 125 cm³/mol. The summed E-state index contributed by atoms with van der Waals surface area (Å²) in [7, 11) is 0. The zero-order valence-electron chi connectivity index (χ0n) is 18.4. The monoisotopic (exact) mass is 439 g/mol. The maximum Gasteiger partial charge on any atom is 0.264 e. The molecule has 5 nitrogen and oxygen atoms in total. The van der Waals surface area contributed by atoms with Crippen molar-refractivity contribution in [2.45, 2.75) is 70.6 Å². The highest BCUT2D eigenvalue weighted by Crippen LogP contribution is 2.22. The van der Waals surface area contributed by atoms with Gasteiger partial charge in [-0.25, -0.2) is 0 Å². The lowest BCUT2D eigenvalue weighted by Crippen LogP contribution is -2.51. The number of hydrogen-bond acceptors (Lipinski definition) is 4. The van der Waals surface area contributed by atoms with Crippen molar-refractivity contribution in [2.75, 3.05) is 13.1 Å². The van der Waals surface area contributed by atoms with E-state index in [1.807, 2.05) is 17.5 Å². The van der Waals surface area contributed by atoms with Crippen molar-refractivity contribution < 1.29 is 9.59 Å². The molecule has 4 rings (SSSR count). The van der Waals surface area contributed by atoms with Gasteiger partial charge >= 0.3 is 0 Å². The number of hydrogen-bond donors (Lipinski definition) is 1. The fourth-order valence-electron chi connectivity index (χ4n) is 4.69. The van der Waals surface area contributed by atoms with Crippen LogP contribution < -0.4 is 5.32 Å². The third-order valence-electron chi connectivity index (χ3n) is 6.61. The Labute approximate surface area is 189 Å². The summed E-state index contributed by atoms with van der Waals surface area (Å²) in [4.78, 5) is 30.8. The van der Waals surface area contributed by atoms with Gasteiger partial charge in [0, 0.05) is 25.7 Å². The molecule has 6 heteroatoms. The number of nitrogens with one attached hydrogen (secondary N) is 1. The second kappa shape index (κ2) is 10.4. The molecule has 1 aromatic heterocycles. The summed E-state index contributed by atoms with van der Waals surface area (Å²) < 4.78 is 0. The molecule has 0 aliphatic carbocycles. The molecule has 3 heterocycles. The standard InChI is InChI=1S/C25H33N3O2S/c1-19-7-2-4-14-27(19)18-21-12-10-20(11-13-21)17-26-24(29)22-8-3-5-15-28(22)25(30)23-9-6-16-31-23/h6,9-13,16,19,22H,2-5,7-8,14-15,17-18H2,1H3,(H,26,29). The van der Waals surface area contributed by atoms with Crippen molar-refractivity contribution in [1.82, 2.24) is 15.1 Å². The van der Waals surface area contributed by atoms with Crippen molar-refractivity contribution in [2.24, 2.45) is 0 Å². The fourth-order valence-corrected chi connectivity index (χ4v) is 5.36. The minimum Gasteiger partial charge on any atom is -0.350 e. The Morgan fingerprint density at radius 3 is 2.48 bits per heavy atom. The number of carbonyl (C=O) groups is 2. The SMILES string of the molecule is CC1CCCCN1Cc1ccc(CNC(=O)C2CCCCN2C(=O)c2cccs2)cc1. The van der Waals surface area contributed by atoms with E-state index >= 15 is 0 Å². The molecule has 2 saturated heterocycles. The summed E-state index contributed by atoms with van der Waals surface area (Å²) in [5.74, 6) is -0.0676. The molecule has 2 aliphatic heterocycles. The lowest BCUT2D eigenvalue weighted by atomic mass is 10.0. The second-order valence-corrected chi connectivity index (χ2v) is 9.78. The number of carbonyl (C=O) groups excluding carboxylic acids is 2. The molecule has 0 saturated carbocycles. The number of nitrogens with zero attached hydrogens (tertiary/aromatic N) is 2. The van der Waals surface area contributed by atoms with E-state index in [0.29, 0.717) is 24.0 Å². The van der Waals surface area contributed by atoms with Crippen molar-refractivity contribution in [3.8, 4) is 0 Å². The first-order valence-corrected chi connectivity index (χ1v) is 12.4. The highest BCUT2D eigenvalue weighted by molar-refractivity contribution is 7.12. The minimum atomic E-state index is -0.372. The molecule has 31 heavy (non-hydrogen) atoms. The molecule has 1 N–H and O–H groups in total. The molecular weight excluding hydrogens is 406 g/mol. The van der Waals surface area contributed by atoms with Crippen molar-refractivity contribution in [1.29, 1.82) is 0 Å². The topological polar surface area (TPSA) is 52.7 Å². The Kier molecular flexibility index (Phi) is 7.41. The van der Waals surface area contributed by atoms with Gasteiger partial charge in [-0.3, -0.25) is 14.5 Å². The Hall–Kier alpha value is -2.18. The third-order valence-corrected chi connectivity index (χ3v) is 7.47. The van der Waals surface area contributed by atoms with Crippen molar-refractivity contribution >= 4 is 23.2 Å². The van der Waals surface area contributed by atoms with E-state index in [9.17, 15) is 9.59 Å². The maximum absolute atomic E-state index is 12.9. The zero-order chi connectivity index (χ0) is 21.6. The van der Waals surface area contributed by atoms with Crippen LogP contribution in [0.15, 0.2) is 41.8 Å². The van der Waals surface area contributed by atoms with E-state index in [1.54, 1.807) is 4.90 Å². The molecule has 0 radical (unpaired) electrons. The molecule has 0 bridgehead atoms. The van der Waals surface area contributed by atoms with Crippen LogP contribution in [0.1, 0.15) is 66.2 Å². The highest BCUT2D eigenvalue weighted by Gasteiger charge is 2.32. The fraction of sp³-hybridized carbons (Fsp3) is 0.520. The quantitative estimate of drug-likeness (QED) is 0.724.